The summed E-state index contributed by atoms with van der Waals surface area (Å²) in [6.07, 6.45) is 7.17. The highest BCUT2D eigenvalue weighted by Crippen LogP contribution is 2.24. The Morgan fingerprint density at radius 1 is 0.708 bits per heavy atom. The van der Waals surface area contributed by atoms with Gasteiger partial charge in [-0.1, -0.05) is 36.4 Å². The zero-order valence-electron chi connectivity index (χ0n) is 12.7. The Morgan fingerprint density at radius 3 is 2.29 bits per heavy atom. The maximum Gasteiger partial charge on any atom is 0.194 e. The molecule has 0 atom stereocenters. The summed E-state index contributed by atoms with van der Waals surface area (Å²) < 4.78 is 0. The maximum atomic E-state index is 13.0. The third kappa shape index (κ3) is 1.77. The predicted molar refractivity (Wildman–Crippen MR) is 94.6 cm³/mol. The van der Waals surface area contributed by atoms with Crippen molar-refractivity contribution in [1.29, 1.82) is 0 Å². The summed E-state index contributed by atoms with van der Waals surface area (Å²) in [5.41, 5.74) is 2.95. The molecule has 24 heavy (non-hydrogen) atoms. The average Bonchev–Trinajstić information content (AvgIpc) is 2.60. The molecule has 2 aliphatic carbocycles. The van der Waals surface area contributed by atoms with Gasteiger partial charge in [-0.15, -0.1) is 0 Å². The standard InChI is InChI=1S/C22H12O2/c23-21-7-3-6-15-11-20-17(12-18(15)21)9-16-8-13-4-1-2-5-14(13)10-19(16)22(20)24/h1-12H. The first kappa shape index (κ1) is 13.2. The Bertz CT molecular complexity index is 1230. The van der Waals surface area contributed by atoms with Crippen LogP contribution in [0.5, 0.6) is 0 Å². The number of carbonyl (C=O) groups is 2. The van der Waals surface area contributed by atoms with Crippen molar-refractivity contribution >= 4 is 34.5 Å². The lowest BCUT2D eigenvalue weighted by atomic mass is 9.87. The van der Waals surface area contributed by atoms with E-state index in [9.17, 15) is 9.59 Å². The Kier molecular flexibility index (Phi) is 2.54. The molecule has 0 aromatic heterocycles. The molecule has 3 aromatic carbocycles. The summed E-state index contributed by atoms with van der Waals surface area (Å²) in [7, 11) is 0. The van der Waals surface area contributed by atoms with Crippen molar-refractivity contribution in [1.82, 2.24) is 0 Å². The second-order valence-electron chi connectivity index (χ2n) is 6.18. The lowest BCUT2D eigenvalue weighted by Gasteiger charge is -2.15. The van der Waals surface area contributed by atoms with E-state index in [1.54, 1.807) is 12.2 Å². The van der Waals surface area contributed by atoms with Crippen molar-refractivity contribution in [2.45, 2.75) is 0 Å². The fourth-order valence-corrected chi connectivity index (χ4v) is 3.52. The van der Waals surface area contributed by atoms with Crippen molar-refractivity contribution < 1.29 is 9.59 Å². The first-order valence-corrected chi connectivity index (χ1v) is 7.87. The molecule has 2 nitrogen and oxygen atoms in total. The van der Waals surface area contributed by atoms with Gasteiger partial charge in [0.25, 0.3) is 0 Å². The number of ketones is 2. The minimum Gasteiger partial charge on any atom is -0.289 e. The molecular weight excluding hydrogens is 296 g/mol. The van der Waals surface area contributed by atoms with Crippen LogP contribution in [0.1, 0.15) is 31.8 Å². The van der Waals surface area contributed by atoms with E-state index >= 15 is 0 Å². The minimum atomic E-state index is -0.0135. The van der Waals surface area contributed by atoms with Crippen LogP contribution in [-0.2, 0) is 0 Å². The SMILES string of the molecule is O=C1C=CC=c2cc3c(cc21)=Cc1cc2ccccc2cc1C3=O. The average molecular weight is 308 g/mol. The highest BCUT2D eigenvalue weighted by molar-refractivity contribution is 6.16. The number of rotatable bonds is 0. The predicted octanol–water partition coefficient (Wildman–Crippen LogP) is 2.75. The first-order valence-electron chi connectivity index (χ1n) is 7.87. The molecule has 5 rings (SSSR count). The van der Waals surface area contributed by atoms with E-state index in [1.165, 1.54) is 0 Å². The van der Waals surface area contributed by atoms with Gasteiger partial charge in [-0.05, 0) is 63.2 Å². The van der Waals surface area contributed by atoms with E-state index in [4.69, 9.17) is 0 Å². The summed E-state index contributed by atoms with van der Waals surface area (Å²) in [6, 6.07) is 15.7. The molecular formula is C22H12O2. The van der Waals surface area contributed by atoms with Crippen LogP contribution in [0.15, 0.2) is 60.7 Å². The fraction of sp³-hybridized carbons (Fsp3) is 0. The third-order valence-electron chi connectivity index (χ3n) is 4.73. The molecule has 0 spiro atoms. The van der Waals surface area contributed by atoms with Gasteiger partial charge in [0.15, 0.2) is 11.6 Å². The molecule has 3 aromatic rings. The summed E-state index contributed by atoms with van der Waals surface area (Å²) in [5, 5.41) is 3.80. The smallest absolute Gasteiger partial charge is 0.194 e. The molecule has 2 aliphatic rings. The van der Waals surface area contributed by atoms with Crippen LogP contribution in [0.3, 0.4) is 0 Å². The fourth-order valence-electron chi connectivity index (χ4n) is 3.52. The maximum absolute atomic E-state index is 13.0. The molecule has 0 radical (unpaired) electrons. The van der Waals surface area contributed by atoms with Gasteiger partial charge in [0.1, 0.15) is 0 Å². The number of fused-ring (bicyclic) bond motifs is 4. The van der Waals surface area contributed by atoms with Gasteiger partial charge in [0.05, 0.1) is 0 Å². The minimum absolute atomic E-state index is 0.0135. The number of carbonyl (C=O) groups excluding carboxylic acids is 2. The van der Waals surface area contributed by atoms with Crippen molar-refractivity contribution in [2.75, 3.05) is 0 Å². The van der Waals surface area contributed by atoms with E-state index in [2.05, 4.69) is 0 Å². The van der Waals surface area contributed by atoms with Crippen LogP contribution in [0.4, 0.5) is 0 Å². The highest BCUT2D eigenvalue weighted by atomic mass is 16.1. The van der Waals surface area contributed by atoms with Crippen molar-refractivity contribution in [3.8, 4) is 0 Å². The lowest BCUT2D eigenvalue weighted by Crippen LogP contribution is -2.29. The Balaban J connectivity index is 1.86. The Labute approximate surface area is 138 Å². The normalized spacial score (nSPS) is 14.5. The molecule has 0 fully saturated rings. The van der Waals surface area contributed by atoms with E-state index in [0.29, 0.717) is 11.1 Å². The van der Waals surface area contributed by atoms with Crippen LogP contribution in [0.2, 0.25) is 0 Å². The zero-order chi connectivity index (χ0) is 16.3. The number of hydrogen-bond donors (Lipinski definition) is 0. The monoisotopic (exact) mass is 308 g/mol. The van der Waals surface area contributed by atoms with Gasteiger partial charge < -0.3 is 0 Å². The van der Waals surface area contributed by atoms with Gasteiger partial charge in [-0.3, -0.25) is 9.59 Å². The zero-order valence-corrected chi connectivity index (χ0v) is 12.7. The van der Waals surface area contributed by atoms with Crippen molar-refractivity contribution in [3.05, 3.63) is 93.4 Å². The lowest BCUT2D eigenvalue weighted by molar-refractivity contribution is 0.102. The van der Waals surface area contributed by atoms with E-state index in [0.717, 1.165) is 32.3 Å². The number of benzene rings is 3. The van der Waals surface area contributed by atoms with Crippen LogP contribution < -0.4 is 10.4 Å². The van der Waals surface area contributed by atoms with Crippen LogP contribution >= 0.6 is 0 Å². The molecule has 0 saturated heterocycles. The van der Waals surface area contributed by atoms with E-state index < -0.39 is 0 Å². The van der Waals surface area contributed by atoms with Gasteiger partial charge >= 0.3 is 0 Å². The van der Waals surface area contributed by atoms with Crippen LogP contribution in [0.25, 0.3) is 22.9 Å². The molecule has 0 saturated carbocycles. The highest BCUT2D eigenvalue weighted by Gasteiger charge is 2.21. The van der Waals surface area contributed by atoms with Crippen LogP contribution in [0, 0.1) is 0 Å². The van der Waals surface area contributed by atoms with E-state index in [1.807, 2.05) is 60.7 Å². The topological polar surface area (TPSA) is 34.1 Å². The molecule has 0 aliphatic heterocycles. The first-order chi connectivity index (χ1) is 11.7. The molecule has 0 heterocycles. The van der Waals surface area contributed by atoms with Crippen molar-refractivity contribution in [3.63, 3.8) is 0 Å². The summed E-state index contributed by atoms with van der Waals surface area (Å²) in [6.45, 7) is 0. The van der Waals surface area contributed by atoms with Gasteiger partial charge in [-0.25, -0.2) is 0 Å². The molecule has 0 unspecified atom stereocenters. The Hall–Kier alpha value is -3.26. The van der Waals surface area contributed by atoms with Gasteiger partial charge in [0, 0.05) is 16.7 Å². The quantitative estimate of drug-likeness (QED) is 0.500. The largest absolute Gasteiger partial charge is 0.289 e. The third-order valence-corrected chi connectivity index (χ3v) is 4.73. The molecule has 0 N–H and O–H groups in total. The van der Waals surface area contributed by atoms with Gasteiger partial charge in [0.2, 0.25) is 0 Å². The van der Waals surface area contributed by atoms with E-state index in [-0.39, 0.29) is 11.6 Å². The van der Waals surface area contributed by atoms with Crippen LogP contribution in [-0.4, -0.2) is 11.6 Å². The molecule has 2 heteroatoms. The Morgan fingerprint density at radius 2 is 1.46 bits per heavy atom. The summed E-state index contributed by atoms with van der Waals surface area (Å²) >= 11 is 0. The summed E-state index contributed by atoms with van der Waals surface area (Å²) in [4.78, 5) is 25.0. The molecule has 0 bridgehead atoms. The second kappa shape index (κ2) is 4.62. The number of allylic oxidation sites excluding steroid dienone is 2. The molecule has 112 valence electrons. The molecule has 0 amide bonds. The van der Waals surface area contributed by atoms with Crippen molar-refractivity contribution in [2.24, 2.45) is 0 Å². The second-order valence-corrected chi connectivity index (χ2v) is 6.18. The number of hydrogen-bond acceptors (Lipinski definition) is 2. The summed E-state index contributed by atoms with van der Waals surface area (Å²) in [5.74, 6) is 0.00640. The van der Waals surface area contributed by atoms with Gasteiger partial charge in [-0.2, -0.15) is 0 Å².